The van der Waals surface area contributed by atoms with Crippen LogP contribution >= 0.6 is 22.9 Å². The zero-order valence-electron chi connectivity index (χ0n) is 9.75. The molecule has 0 bridgehead atoms. The van der Waals surface area contributed by atoms with E-state index in [1.165, 1.54) is 11.3 Å². The van der Waals surface area contributed by atoms with Crippen molar-refractivity contribution in [2.24, 2.45) is 11.3 Å². The first-order chi connectivity index (χ1) is 7.48. The monoisotopic (exact) mass is 256 g/mol. The number of carbonyl (C=O) groups excluding carboxylic acids is 1. The molecule has 0 spiro atoms. The second kappa shape index (κ2) is 4.50. The Hall–Kier alpha value is -0.340. The minimum atomic E-state index is 0.225. The Labute approximate surface area is 106 Å². The Balaban J connectivity index is 2.02. The number of halogens is 1. The van der Waals surface area contributed by atoms with Gasteiger partial charge in [-0.3, -0.25) is 4.79 Å². The number of hydrogen-bond acceptors (Lipinski definition) is 2. The van der Waals surface area contributed by atoms with Crippen molar-refractivity contribution in [1.29, 1.82) is 0 Å². The van der Waals surface area contributed by atoms with E-state index >= 15 is 0 Å². The van der Waals surface area contributed by atoms with E-state index in [-0.39, 0.29) is 5.92 Å². The molecule has 1 aromatic rings. The molecule has 1 aliphatic rings. The quantitative estimate of drug-likeness (QED) is 0.695. The summed E-state index contributed by atoms with van der Waals surface area (Å²) in [4.78, 5) is 13.0. The molecule has 3 heteroatoms. The maximum atomic E-state index is 12.2. The van der Waals surface area contributed by atoms with Gasteiger partial charge >= 0.3 is 0 Å². The summed E-state index contributed by atoms with van der Waals surface area (Å²) in [6, 6.07) is 3.67. The summed E-state index contributed by atoms with van der Waals surface area (Å²) in [5, 5.41) is 0. The predicted molar refractivity (Wildman–Crippen MR) is 69.4 cm³/mol. The zero-order valence-corrected chi connectivity index (χ0v) is 11.3. The summed E-state index contributed by atoms with van der Waals surface area (Å²) >= 11 is 7.26. The topological polar surface area (TPSA) is 17.1 Å². The van der Waals surface area contributed by atoms with Crippen LogP contribution in [0.4, 0.5) is 0 Å². The van der Waals surface area contributed by atoms with Crippen molar-refractivity contribution in [2.45, 2.75) is 39.5 Å². The van der Waals surface area contributed by atoms with E-state index in [9.17, 15) is 4.79 Å². The van der Waals surface area contributed by atoms with Gasteiger partial charge in [-0.2, -0.15) is 0 Å². The minimum Gasteiger partial charge on any atom is -0.293 e. The normalized spacial score (nSPS) is 20.9. The van der Waals surface area contributed by atoms with Gasteiger partial charge in [-0.05, 0) is 43.2 Å². The van der Waals surface area contributed by atoms with E-state index in [0.717, 1.165) is 30.6 Å². The number of hydrogen-bond donors (Lipinski definition) is 0. The molecule has 88 valence electrons. The van der Waals surface area contributed by atoms with Crippen LogP contribution in [-0.4, -0.2) is 5.78 Å². The van der Waals surface area contributed by atoms with E-state index in [1.807, 2.05) is 12.1 Å². The number of ketones is 1. The average molecular weight is 257 g/mol. The van der Waals surface area contributed by atoms with Crippen molar-refractivity contribution in [1.82, 2.24) is 0 Å². The largest absolute Gasteiger partial charge is 0.293 e. The van der Waals surface area contributed by atoms with Crippen LogP contribution in [0.3, 0.4) is 0 Å². The molecule has 1 saturated carbocycles. The lowest BCUT2D eigenvalue weighted by Gasteiger charge is -2.33. The van der Waals surface area contributed by atoms with E-state index in [1.54, 1.807) is 0 Å². The predicted octanol–water partition coefficient (Wildman–Crippen LogP) is 4.80. The van der Waals surface area contributed by atoms with E-state index in [0.29, 0.717) is 15.5 Å². The highest BCUT2D eigenvalue weighted by Crippen LogP contribution is 2.39. The standard InChI is InChI=1S/C13H17ClOS/c1-13(2)7-5-9(6-8-13)12(15)10-3-4-11(14)16-10/h3-4,9H,5-8H2,1-2H3. The maximum Gasteiger partial charge on any atom is 0.175 e. The van der Waals surface area contributed by atoms with Crippen molar-refractivity contribution in [2.75, 3.05) is 0 Å². The van der Waals surface area contributed by atoms with Gasteiger partial charge in [-0.1, -0.05) is 25.4 Å². The summed E-state index contributed by atoms with van der Waals surface area (Å²) in [5.41, 5.74) is 0.421. The second-order valence-corrected chi connectivity index (χ2v) is 7.12. The van der Waals surface area contributed by atoms with Crippen LogP contribution in [0.1, 0.15) is 49.2 Å². The third-order valence-corrected chi connectivity index (χ3v) is 4.77. The van der Waals surface area contributed by atoms with Crippen LogP contribution in [0.25, 0.3) is 0 Å². The molecule has 0 unspecified atom stereocenters. The summed E-state index contributed by atoms with van der Waals surface area (Å²) in [7, 11) is 0. The summed E-state index contributed by atoms with van der Waals surface area (Å²) < 4.78 is 0.708. The van der Waals surface area contributed by atoms with Gasteiger partial charge in [0.25, 0.3) is 0 Å². The van der Waals surface area contributed by atoms with Gasteiger partial charge in [0, 0.05) is 5.92 Å². The Bertz CT molecular complexity index is 384. The summed E-state index contributed by atoms with van der Waals surface area (Å²) in [5.74, 6) is 0.523. The van der Waals surface area contributed by atoms with E-state index < -0.39 is 0 Å². The number of Topliss-reactive ketones (excluding diaryl/α,β-unsaturated/α-hetero) is 1. The van der Waals surface area contributed by atoms with Crippen molar-refractivity contribution >= 4 is 28.7 Å². The smallest absolute Gasteiger partial charge is 0.175 e. The first kappa shape index (κ1) is 12.1. The first-order valence-electron chi connectivity index (χ1n) is 5.77. The van der Waals surface area contributed by atoms with Gasteiger partial charge in [-0.15, -0.1) is 11.3 Å². The minimum absolute atomic E-state index is 0.225. The number of thiophene rings is 1. The molecule has 0 aromatic carbocycles. The molecular formula is C13H17ClOS. The molecular weight excluding hydrogens is 240 g/mol. The second-order valence-electron chi connectivity index (χ2n) is 5.41. The number of rotatable bonds is 2. The molecule has 0 aliphatic heterocycles. The highest BCUT2D eigenvalue weighted by Gasteiger charge is 2.31. The molecule has 0 atom stereocenters. The van der Waals surface area contributed by atoms with Crippen molar-refractivity contribution < 1.29 is 4.79 Å². The molecule has 0 saturated heterocycles. The Morgan fingerprint density at radius 2 is 2.00 bits per heavy atom. The fraction of sp³-hybridized carbons (Fsp3) is 0.615. The maximum absolute atomic E-state index is 12.2. The Kier molecular flexibility index (Phi) is 3.41. The van der Waals surface area contributed by atoms with Gasteiger partial charge in [0.2, 0.25) is 0 Å². The van der Waals surface area contributed by atoms with E-state index in [2.05, 4.69) is 13.8 Å². The Morgan fingerprint density at radius 1 is 1.38 bits per heavy atom. The lowest BCUT2D eigenvalue weighted by Crippen LogP contribution is -2.25. The first-order valence-corrected chi connectivity index (χ1v) is 6.97. The lowest BCUT2D eigenvalue weighted by molar-refractivity contribution is 0.0842. The van der Waals surface area contributed by atoms with Crippen LogP contribution in [0.2, 0.25) is 4.34 Å². The molecule has 1 nitrogen and oxygen atoms in total. The zero-order chi connectivity index (χ0) is 11.8. The van der Waals surface area contributed by atoms with Crippen molar-refractivity contribution in [3.05, 3.63) is 21.3 Å². The van der Waals surface area contributed by atoms with Crippen LogP contribution < -0.4 is 0 Å². The third-order valence-electron chi connectivity index (χ3n) is 3.53. The van der Waals surface area contributed by atoms with Crippen molar-refractivity contribution in [3.8, 4) is 0 Å². The van der Waals surface area contributed by atoms with Crippen LogP contribution in [0, 0.1) is 11.3 Å². The number of carbonyl (C=O) groups is 1. The third kappa shape index (κ3) is 2.67. The SMILES string of the molecule is CC1(C)CCC(C(=O)c2ccc(Cl)s2)CC1. The highest BCUT2D eigenvalue weighted by molar-refractivity contribution is 7.18. The van der Waals surface area contributed by atoms with Gasteiger partial charge < -0.3 is 0 Å². The van der Waals surface area contributed by atoms with Crippen LogP contribution in [0.15, 0.2) is 12.1 Å². The Morgan fingerprint density at radius 3 is 2.50 bits per heavy atom. The molecule has 1 fully saturated rings. The lowest BCUT2D eigenvalue weighted by atomic mass is 9.72. The molecule has 16 heavy (non-hydrogen) atoms. The highest BCUT2D eigenvalue weighted by atomic mass is 35.5. The van der Waals surface area contributed by atoms with Gasteiger partial charge in [0.1, 0.15) is 0 Å². The fourth-order valence-corrected chi connectivity index (χ4v) is 3.37. The van der Waals surface area contributed by atoms with Crippen LogP contribution in [-0.2, 0) is 0 Å². The molecule has 0 radical (unpaired) electrons. The van der Waals surface area contributed by atoms with Gasteiger partial charge in [-0.25, -0.2) is 0 Å². The van der Waals surface area contributed by atoms with Gasteiger partial charge in [0.05, 0.1) is 9.21 Å². The fourth-order valence-electron chi connectivity index (χ4n) is 2.31. The van der Waals surface area contributed by atoms with Gasteiger partial charge in [0.15, 0.2) is 5.78 Å². The molecule has 2 rings (SSSR count). The van der Waals surface area contributed by atoms with E-state index in [4.69, 9.17) is 11.6 Å². The molecule has 1 aliphatic carbocycles. The molecule has 1 aromatic heterocycles. The van der Waals surface area contributed by atoms with Crippen LogP contribution in [0.5, 0.6) is 0 Å². The molecule has 1 heterocycles. The summed E-state index contributed by atoms with van der Waals surface area (Å²) in [6.45, 7) is 4.57. The average Bonchev–Trinajstić information content (AvgIpc) is 2.64. The summed E-state index contributed by atoms with van der Waals surface area (Å²) in [6.07, 6.45) is 4.37. The molecule has 0 amide bonds. The van der Waals surface area contributed by atoms with Crippen molar-refractivity contribution in [3.63, 3.8) is 0 Å². The molecule has 0 N–H and O–H groups in total.